The predicted octanol–water partition coefficient (Wildman–Crippen LogP) is 1.22. The molecule has 0 heterocycles. The zero-order valence-corrected chi connectivity index (χ0v) is 7.88. The highest BCUT2D eigenvalue weighted by molar-refractivity contribution is 5.75. The number of hydrogen-bond acceptors (Lipinski definition) is 2. The van der Waals surface area contributed by atoms with Gasteiger partial charge in [0.05, 0.1) is 0 Å². The van der Waals surface area contributed by atoms with Gasteiger partial charge in [-0.15, -0.1) is 0 Å². The number of carbonyl (C=O) groups excluding carboxylic acids is 2. The highest BCUT2D eigenvalue weighted by atomic mass is 16.2. The van der Waals surface area contributed by atoms with Crippen molar-refractivity contribution in [1.29, 1.82) is 0 Å². The molecule has 1 amide bonds. The first-order valence-electron chi connectivity index (χ1n) is 4.40. The molecule has 0 aromatic carbocycles. The number of unbranched alkanes of at least 4 members (excludes halogenated alkanes) is 2. The number of aldehydes is 1. The van der Waals surface area contributed by atoms with Crippen LogP contribution in [-0.2, 0) is 9.59 Å². The lowest BCUT2D eigenvalue weighted by Crippen LogP contribution is -2.25. The van der Waals surface area contributed by atoms with E-state index in [1.807, 2.05) is 6.92 Å². The molecule has 0 fully saturated rings. The van der Waals surface area contributed by atoms with Crippen molar-refractivity contribution in [3.05, 3.63) is 0 Å². The Morgan fingerprint density at radius 1 is 1.42 bits per heavy atom. The van der Waals surface area contributed by atoms with Crippen molar-refractivity contribution in [3.63, 3.8) is 0 Å². The Morgan fingerprint density at radius 2 is 2.08 bits per heavy atom. The summed E-state index contributed by atoms with van der Waals surface area (Å²) in [6, 6.07) is 0. The lowest BCUT2D eigenvalue weighted by Gasteiger charge is -2.13. The molecular weight excluding hydrogens is 154 g/mol. The highest BCUT2D eigenvalue weighted by Crippen LogP contribution is 2.00. The minimum atomic E-state index is 0.170. The minimum Gasteiger partial charge on any atom is -0.346 e. The molecule has 0 bridgehead atoms. The summed E-state index contributed by atoms with van der Waals surface area (Å²) in [6.07, 6.45) is 3.68. The van der Waals surface area contributed by atoms with E-state index in [1.54, 1.807) is 11.9 Å². The number of hydrogen-bond donors (Lipinski definition) is 0. The Bertz CT molecular complexity index is 145. The number of nitrogens with zero attached hydrogens (tertiary/aromatic N) is 1. The monoisotopic (exact) mass is 171 g/mol. The summed E-state index contributed by atoms with van der Waals surface area (Å²) in [5.41, 5.74) is 0. The Morgan fingerprint density at radius 3 is 2.58 bits per heavy atom. The maximum absolute atomic E-state index is 11.2. The molecule has 0 aliphatic rings. The van der Waals surface area contributed by atoms with Crippen LogP contribution in [0.25, 0.3) is 0 Å². The van der Waals surface area contributed by atoms with Gasteiger partial charge in [-0.05, 0) is 19.8 Å². The van der Waals surface area contributed by atoms with E-state index >= 15 is 0 Å². The van der Waals surface area contributed by atoms with Gasteiger partial charge in [-0.3, -0.25) is 4.79 Å². The van der Waals surface area contributed by atoms with Crippen LogP contribution in [0.2, 0.25) is 0 Å². The third-order valence-electron chi connectivity index (χ3n) is 1.86. The first-order chi connectivity index (χ1) is 5.72. The molecule has 0 aromatic heterocycles. The van der Waals surface area contributed by atoms with E-state index in [9.17, 15) is 9.59 Å². The van der Waals surface area contributed by atoms with Crippen molar-refractivity contribution in [3.8, 4) is 0 Å². The quantitative estimate of drug-likeness (QED) is 0.445. The van der Waals surface area contributed by atoms with Crippen molar-refractivity contribution in [2.75, 3.05) is 13.6 Å². The van der Waals surface area contributed by atoms with Gasteiger partial charge in [-0.2, -0.15) is 0 Å². The summed E-state index contributed by atoms with van der Waals surface area (Å²) >= 11 is 0. The van der Waals surface area contributed by atoms with Crippen LogP contribution in [0, 0.1) is 0 Å². The lowest BCUT2D eigenvalue weighted by molar-refractivity contribution is -0.129. The van der Waals surface area contributed by atoms with Crippen molar-refractivity contribution >= 4 is 12.2 Å². The molecule has 3 heteroatoms. The number of amides is 1. The van der Waals surface area contributed by atoms with Gasteiger partial charge in [0, 0.05) is 26.4 Å². The molecule has 0 saturated heterocycles. The Kier molecular flexibility index (Phi) is 6.34. The third kappa shape index (κ3) is 4.88. The van der Waals surface area contributed by atoms with E-state index in [0.29, 0.717) is 12.8 Å². The molecule has 0 spiro atoms. The second-order valence-corrected chi connectivity index (χ2v) is 2.82. The number of rotatable bonds is 6. The zero-order valence-electron chi connectivity index (χ0n) is 7.88. The molecule has 0 aliphatic heterocycles. The van der Waals surface area contributed by atoms with Crippen LogP contribution < -0.4 is 0 Å². The fourth-order valence-corrected chi connectivity index (χ4v) is 0.871. The third-order valence-corrected chi connectivity index (χ3v) is 1.86. The Labute approximate surface area is 73.7 Å². The van der Waals surface area contributed by atoms with Crippen LogP contribution in [0.3, 0.4) is 0 Å². The van der Waals surface area contributed by atoms with E-state index in [2.05, 4.69) is 0 Å². The maximum atomic E-state index is 11.2. The van der Waals surface area contributed by atoms with Gasteiger partial charge in [0.25, 0.3) is 0 Å². The summed E-state index contributed by atoms with van der Waals surface area (Å²) < 4.78 is 0. The van der Waals surface area contributed by atoms with Gasteiger partial charge in [0.2, 0.25) is 5.91 Å². The molecule has 70 valence electrons. The average molecular weight is 171 g/mol. The topological polar surface area (TPSA) is 37.4 Å². The predicted molar refractivity (Wildman–Crippen MR) is 47.8 cm³/mol. The van der Waals surface area contributed by atoms with E-state index in [-0.39, 0.29) is 5.91 Å². The Balaban J connectivity index is 3.37. The van der Waals surface area contributed by atoms with Gasteiger partial charge in [-0.1, -0.05) is 0 Å². The van der Waals surface area contributed by atoms with Gasteiger partial charge >= 0.3 is 0 Å². The summed E-state index contributed by atoms with van der Waals surface area (Å²) in [5.74, 6) is 0.170. The van der Waals surface area contributed by atoms with Crippen molar-refractivity contribution in [2.24, 2.45) is 0 Å². The smallest absolute Gasteiger partial charge is 0.222 e. The first kappa shape index (κ1) is 11.1. The molecule has 0 rings (SSSR count). The molecule has 0 saturated carbocycles. The van der Waals surface area contributed by atoms with Gasteiger partial charge in [0.1, 0.15) is 6.29 Å². The standard InChI is InChI=1S/C9H17NO2/c1-3-10(2)9(12)7-5-4-6-8-11/h8H,3-7H2,1-2H3. The maximum Gasteiger partial charge on any atom is 0.222 e. The Hall–Kier alpha value is -0.860. The lowest BCUT2D eigenvalue weighted by atomic mass is 10.2. The SMILES string of the molecule is CCN(C)C(=O)CCCCC=O. The molecular formula is C9H17NO2. The van der Waals surface area contributed by atoms with Gasteiger partial charge in [-0.25, -0.2) is 0 Å². The second kappa shape index (κ2) is 6.83. The largest absolute Gasteiger partial charge is 0.346 e. The molecule has 0 radical (unpaired) electrons. The molecule has 12 heavy (non-hydrogen) atoms. The van der Waals surface area contributed by atoms with E-state index < -0.39 is 0 Å². The van der Waals surface area contributed by atoms with Crippen LogP contribution in [0.4, 0.5) is 0 Å². The van der Waals surface area contributed by atoms with E-state index in [4.69, 9.17) is 0 Å². The van der Waals surface area contributed by atoms with Gasteiger partial charge < -0.3 is 9.69 Å². The summed E-state index contributed by atoms with van der Waals surface area (Å²) in [5, 5.41) is 0. The van der Waals surface area contributed by atoms with Crippen LogP contribution in [0.5, 0.6) is 0 Å². The summed E-state index contributed by atoms with van der Waals surface area (Å²) in [6.45, 7) is 2.70. The highest BCUT2D eigenvalue weighted by Gasteiger charge is 2.04. The van der Waals surface area contributed by atoms with Crippen LogP contribution in [0.15, 0.2) is 0 Å². The molecule has 0 N–H and O–H groups in total. The van der Waals surface area contributed by atoms with Crippen LogP contribution in [-0.4, -0.2) is 30.7 Å². The summed E-state index contributed by atoms with van der Waals surface area (Å²) in [4.78, 5) is 22.8. The summed E-state index contributed by atoms with van der Waals surface area (Å²) in [7, 11) is 1.79. The molecule has 0 aliphatic carbocycles. The molecule has 3 nitrogen and oxygen atoms in total. The zero-order chi connectivity index (χ0) is 9.40. The van der Waals surface area contributed by atoms with Crippen molar-refractivity contribution in [2.45, 2.75) is 32.6 Å². The normalized spacial score (nSPS) is 9.50. The van der Waals surface area contributed by atoms with Crippen molar-refractivity contribution < 1.29 is 9.59 Å². The number of carbonyl (C=O) groups is 2. The molecule has 0 atom stereocenters. The van der Waals surface area contributed by atoms with Gasteiger partial charge in [0.15, 0.2) is 0 Å². The van der Waals surface area contributed by atoms with E-state index in [1.165, 1.54) is 0 Å². The van der Waals surface area contributed by atoms with E-state index in [0.717, 1.165) is 25.7 Å². The van der Waals surface area contributed by atoms with Crippen molar-refractivity contribution in [1.82, 2.24) is 4.90 Å². The molecule has 0 aromatic rings. The molecule has 0 unspecified atom stereocenters. The van der Waals surface area contributed by atoms with Crippen LogP contribution in [0.1, 0.15) is 32.6 Å². The first-order valence-corrected chi connectivity index (χ1v) is 4.40. The van der Waals surface area contributed by atoms with Crippen LogP contribution >= 0.6 is 0 Å². The average Bonchev–Trinajstić information content (AvgIpc) is 2.10. The fraction of sp³-hybridized carbons (Fsp3) is 0.778. The fourth-order valence-electron chi connectivity index (χ4n) is 0.871. The second-order valence-electron chi connectivity index (χ2n) is 2.82. The minimum absolute atomic E-state index is 0.170.